The maximum atomic E-state index is 4.45. The molecule has 27 heavy (non-hydrogen) atoms. The highest BCUT2D eigenvalue weighted by Crippen LogP contribution is 2.28. The Hall–Kier alpha value is -2.57. The zero-order valence-electron chi connectivity index (χ0n) is 15.8. The Bertz CT molecular complexity index is 824. The molecule has 4 rings (SSSR count). The summed E-state index contributed by atoms with van der Waals surface area (Å²) in [6, 6.07) is 21.0. The molecule has 140 valence electrons. The number of aromatic nitrogens is 4. The van der Waals surface area contributed by atoms with E-state index in [0.717, 1.165) is 38.5 Å². The number of nitrogens with zero attached hydrogens (tertiary/aromatic N) is 6. The van der Waals surface area contributed by atoms with Crippen molar-refractivity contribution >= 4 is 0 Å². The second kappa shape index (κ2) is 8.41. The summed E-state index contributed by atoms with van der Waals surface area (Å²) in [5, 5.41) is 12.8. The van der Waals surface area contributed by atoms with Gasteiger partial charge in [0.2, 0.25) is 0 Å². The van der Waals surface area contributed by atoms with Crippen molar-refractivity contribution in [3.05, 3.63) is 77.6 Å². The van der Waals surface area contributed by atoms with Crippen LogP contribution in [0.25, 0.3) is 0 Å². The molecule has 0 unspecified atom stereocenters. The first-order valence-corrected chi connectivity index (χ1v) is 9.66. The quantitative estimate of drug-likeness (QED) is 0.674. The van der Waals surface area contributed by atoms with Crippen LogP contribution in [0.15, 0.2) is 60.7 Å². The van der Waals surface area contributed by atoms with Gasteiger partial charge in [0.05, 0.1) is 12.6 Å². The second-order valence-corrected chi connectivity index (χ2v) is 6.96. The lowest BCUT2D eigenvalue weighted by atomic mass is 10.0. The largest absolute Gasteiger partial charge is 0.301 e. The van der Waals surface area contributed by atoms with Crippen molar-refractivity contribution in [1.82, 2.24) is 30.0 Å². The minimum atomic E-state index is 0.0731. The van der Waals surface area contributed by atoms with Gasteiger partial charge in [-0.05, 0) is 28.1 Å². The Kier molecular flexibility index (Phi) is 5.55. The smallest absolute Gasteiger partial charge is 0.173 e. The fraction of sp³-hybridized carbons (Fsp3) is 0.381. The van der Waals surface area contributed by atoms with E-state index < -0.39 is 0 Å². The normalized spacial score (nSPS) is 17.1. The lowest BCUT2D eigenvalue weighted by Gasteiger charge is -2.38. The van der Waals surface area contributed by atoms with E-state index in [9.17, 15) is 0 Å². The maximum Gasteiger partial charge on any atom is 0.173 e. The summed E-state index contributed by atoms with van der Waals surface area (Å²) in [6.07, 6.45) is 0. The van der Waals surface area contributed by atoms with Crippen molar-refractivity contribution in [1.29, 1.82) is 0 Å². The van der Waals surface area contributed by atoms with E-state index in [4.69, 9.17) is 0 Å². The zero-order valence-corrected chi connectivity index (χ0v) is 15.8. The molecule has 1 aliphatic heterocycles. The molecule has 1 aliphatic rings. The van der Waals surface area contributed by atoms with Crippen molar-refractivity contribution in [2.45, 2.75) is 19.5 Å². The number of rotatable bonds is 6. The topological polar surface area (TPSA) is 50.1 Å². The van der Waals surface area contributed by atoms with E-state index in [1.54, 1.807) is 0 Å². The third-order valence-electron chi connectivity index (χ3n) is 5.31. The molecule has 2 aromatic carbocycles. The molecule has 0 saturated carbocycles. The van der Waals surface area contributed by atoms with Crippen molar-refractivity contribution in [3.8, 4) is 0 Å². The Morgan fingerprint density at radius 2 is 1.56 bits per heavy atom. The second-order valence-electron chi connectivity index (χ2n) is 6.96. The van der Waals surface area contributed by atoms with Gasteiger partial charge in [0.15, 0.2) is 5.82 Å². The fourth-order valence-electron chi connectivity index (χ4n) is 3.77. The Labute approximate surface area is 160 Å². The number of likely N-dealkylation sites (N-methyl/N-ethyl adjacent to an activating group) is 1. The van der Waals surface area contributed by atoms with Crippen LogP contribution in [0.4, 0.5) is 0 Å². The molecule has 2 heterocycles. The van der Waals surface area contributed by atoms with Crippen LogP contribution >= 0.6 is 0 Å². The standard InChI is InChI=1S/C21H26N6/c1-2-25-13-15-26(16-14-25)20(19-11-7-4-8-12-19)21-22-23-24-27(21)17-18-9-5-3-6-10-18/h3-12,20H,2,13-17H2,1H3/t20-/m1/s1. The molecule has 0 radical (unpaired) electrons. The van der Waals surface area contributed by atoms with Gasteiger partial charge in [-0.15, -0.1) is 5.10 Å². The SMILES string of the molecule is CCN1CCN([C@H](c2ccccc2)c2nnnn2Cc2ccccc2)CC1. The summed E-state index contributed by atoms with van der Waals surface area (Å²) in [6.45, 7) is 8.22. The van der Waals surface area contributed by atoms with E-state index in [2.05, 4.69) is 86.8 Å². The minimum Gasteiger partial charge on any atom is -0.301 e. The van der Waals surface area contributed by atoms with Crippen LogP contribution in [0, 0.1) is 0 Å². The molecule has 3 aromatic rings. The van der Waals surface area contributed by atoms with E-state index in [1.165, 1.54) is 11.1 Å². The molecule has 0 N–H and O–H groups in total. The van der Waals surface area contributed by atoms with Crippen molar-refractivity contribution in [3.63, 3.8) is 0 Å². The zero-order chi connectivity index (χ0) is 18.5. The molecule has 6 heteroatoms. The van der Waals surface area contributed by atoms with Crippen molar-refractivity contribution < 1.29 is 0 Å². The highest BCUT2D eigenvalue weighted by atomic mass is 15.6. The van der Waals surface area contributed by atoms with Crippen LogP contribution in [0.1, 0.15) is 29.9 Å². The lowest BCUT2D eigenvalue weighted by molar-refractivity contribution is 0.108. The van der Waals surface area contributed by atoms with Gasteiger partial charge >= 0.3 is 0 Å². The monoisotopic (exact) mass is 362 g/mol. The predicted octanol–water partition coefficient (Wildman–Crippen LogP) is 2.45. The first kappa shape index (κ1) is 17.8. The van der Waals surface area contributed by atoms with Crippen molar-refractivity contribution in [2.75, 3.05) is 32.7 Å². The van der Waals surface area contributed by atoms with Crippen LogP contribution in [0.5, 0.6) is 0 Å². The van der Waals surface area contributed by atoms with Gasteiger partial charge in [-0.1, -0.05) is 67.6 Å². The van der Waals surface area contributed by atoms with Crippen LogP contribution in [0.2, 0.25) is 0 Å². The van der Waals surface area contributed by atoms with E-state index in [-0.39, 0.29) is 6.04 Å². The summed E-state index contributed by atoms with van der Waals surface area (Å²) in [4.78, 5) is 5.00. The number of hydrogen-bond donors (Lipinski definition) is 0. The molecule has 6 nitrogen and oxygen atoms in total. The molecular weight excluding hydrogens is 336 g/mol. The van der Waals surface area contributed by atoms with Gasteiger partial charge in [0.1, 0.15) is 0 Å². The molecule has 1 saturated heterocycles. The number of benzene rings is 2. The molecule has 1 atom stereocenters. The van der Waals surface area contributed by atoms with Crippen LogP contribution in [0.3, 0.4) is 0 Å². The average Bonchev–Trinajstić information content (AvgIpc) is 3.18. The molecule has 1 aromatic heterocycles. The number of piperazine rings is 1. The van der Waals surface area contributed by atoms with Gasteiger partial charge in [0.25, 0.3) is 0 Å². The van der Waals surface area contributed by atoms with E-state index in [1.807, 2.05) is 10.7 Å². The van der Waals surface area contributed by atoms with Gasteiger partial charge in [-0.25, -0.2) is 4.68 Å². The van der Waals surface area contributed by atoms with Crippen LogP contribution in [-0.4, -0.2) is 62.7 Å². The van der Waals surface area contributed by atoms with Crippen molar-refractivity contribution in [2.24, 2.45) is 0 Å². The average molecular weight is 362 g/mol. The predicted molar refractivity (Wildman–Crippen MR) is 105 cm³/mol. The van der Waals surface area contributed by atoms with E-state index >= 15 is 0 Å². The number of hydrogen-bond acceptors (Lipinski definition) is 5. The molecule has 0 spiro atoms. The highest BCUT2D eigenvalue weighted by molar-refractivity contribution is 5.25. The molecule has 0 bridgehead atoms. The summed E-state index contributed by atoms with van der Waals surface area (Å²) in [7, 11) is 0. The molecule has 0 amide bonds. The van der Waals surface area contributed by atoms with E-state index in [0.29, 0.717) is 6.54 Å². The fourth-order valence-corrected chi connectivity index (χ4v) is 3.77. The first-order valence-electron chi connectivity index (χ1n) is 9.66. The minimum absolute atomic E-state index is 0.0731. The van der Waals surface area contributed by atoms with Crippen LogP contribution < -0.4 is 0 Å². The number of tetrazole rings is 1. The summed E-state index contributed by atoms with van der Waals surface area (Å²) < 4.78 is 1.94. The molecule has 0 aliphatic carbocycles. The molecule has 1 fully saturated rings. The van der Waals surface area contributed by atoms with Crippen LogP contribution in [-0.2, 0) is 6.54 Å². The van der Waals surface area contributed by atoms with Gasteiger partial charge in [-0.2, -0.15) is 0 Å². The highest BCUT2D eigenvalue weighted by Gasteiger charge is 2.30. The summed E-state index contributed by atoms with van der Waals surface area (Å²) in [5.74, 6) is 0.912. The van der Waals surface area contributed by atoms with Gasteiger partial charge in [0, 0.05) is 26.2 Å². The van der Waals surface area contributed by atoms with Gasteiger partial charge < -0.3 is 4.90 Å². The summed E-state index contributed by atoms with van der Waals surface area (Å²) >= 11 is 0. The Morgan fingerprint density at radius 3 is 2.22 bits per heavy atom. The molecular formula is C21H26N6. The first-order chi connectivity index (χ1) is 13.3. The Morgan fingerprint density at radius 1 is 0.889 bits per heavy atom. The maximum absolute atomic E-state index is 4.45. The lowest BCUT2D eigenvalue weighted by Crippen LogP contribution is -2.48. The Balaban J connectivity index is 1.65. The third-order valence-corrected chi connectivity index (χ3v) is 5.31. The third kappa shape index (κ3) is 4.07. The van der Waals surface area contributed by atoms with Gasteiger partial charge in [-0.3, -0.25) is 4.90 Å². The summed E-state index contributed by atoms with van der Waals surface area (Å²) in [5.41, 5.74) is 2.44.